The minimum Gasteiger partial charge on any atom is -0.294 e. The van der Waals surface area contributed by atoms with Gasteiger partial charge < -0.3 is 0 Å². The Morgan fingerprint density at radius 2 is 0.885 bits per heavy atom. The Kier molecular flexibility index (Phi) is 7.81. The maximum Gasteiger partial charge on any atom is 0.145 e. The summed E-state index contributed by atoms with van der Waals surface area (Å²) in [5.74, 6) is 0.956. The molecule has 240 valence electrons. The fourth-order valence-corrected chi connectivity index (χ4v) is 8.29. The van der Waals surface area contributed by atoms with Crippen LogP contribution in [0.5, 0.6) is 0 Å². The second-order valence-electron chi connectivity index (χ2n) is 14.1. The van der Waals surface area contributed by atoms with Crippen LogP contribution in [0.1, 0.15) is 0 Å². The monoisotopic (exact) mass is 658 g/mol. The second kappa shape index (κ2) is 12.7. The van der Waals surface area contributed by atoms with E-state index < -0.39 is 0 Å². The second-order valence-corrected chi connectivity index (χ2v) is 14.1. The molecule has 0 aliphatic rings. The van der Waals surface area contributed by atoms with Crippen molar-refractivity contribution >= 4 is 99.1 Å². The molecule has 0 aliphatic carbocycles. The molecule has 0 saturated heterocycles. The van der Waals surface area contributed by atoms with Crippen LogP contribution in [-0.4, -0.2) is 48.8 Å². The normalized spacial score (nSPS) is 11.5. The fourth-order valence-electron chi connectivity index (χ4n) is 8.29. The van der Waals surface area contributed by atoms with Crippen LogP contribution in [0.25, 0.3) is 83.0 Å². The zero-order valence-corrected chi connectivity index (χ0v) is 30.3. The molecule has 0 aliphatic heterocycles. The molecule has 8 aromatic carbocycles. The highest BCUT2D eigenvalue weighted by molar-refractivity contribution is 6.68. The number of nitrogens with zero attached hydrogens (tertiary/aromatic N) is 2. The molecular weight excluding hydrogens is 623 g/mol. The van der Waals surface area contributed by atoms with E-state index in [0.717, 1.165) is 22.4 Å². The van der Waals surface area contributed by atoms with Crippen molar-refractivity contribution in [2.24, 2.45) is 0 Å². The lowest BCUT2D eigenvalue weighted by molar-refractivity contribution is 1.12. The van der Waals surface area contributed by atoms with E-state index in [9.17, 15) is 0 Å². The molecule has 9 rings (SSSR count). The number of aromatic nitrogens is 2. The van der Waals surface area contributed by atoms with E-state index >= 15 is 0 Å². The number of hydrogen-bond acceptors (Lipinski definition) is 1. The van der Waals surface area contributed by atoms with E-state index in [0.29, 0.717) is 0 Å². The van der Waals surface area contributed by atoms with E-state index in [1.54, 1.807) is 0 Å². The van der Waals surface area contributed by atoms with Gasteiger partial charge in [0.25, 0.3) is 0 Å². The zero-order valence-electron chi connectivity index (χ0n) is 30.3. The lowest BCUT2D eigenvalue weighted by atomic mass is 9.61. The molecule has 7 heteroatoms. The van der Waals surface area contributed by atoms with Gasteiger partial charge in [-0.15, -0.1) is 5.46 Å². The van der Waals surface area contributed by atoms with E-state index in [1.165, 1.54) is 87.9 Å². The predicted octanol–water partition coefficient (Wildman–Crippen LogP) is 3.29. The molecule has 0 radical (unpaired) electrons. The minimum absolute atomic E-state index is 0.956. The molecule has 52 heavy (non-hydrogen) atoms. The van der Waals surface area contributed by atoms with Gasteiger partial charge in [0.05, 0.1) is 11.0 Å². The van der Waals surface area contributed by atoms with Gasteiger partial charge in [0.2, 0.25) is 0 Å². The summed E-state index contributed by atoms with van der Waals surface area (Å²) >= 11 is 0. The molecule has 0 bridgehead atoms. The summed E-state index contributed by atoms with van der Waals surface area (Å²) in [5, 5.41) is 4.97. The predicted molar refractivity (Wildman–Crippen MR) is 239 cm³/mol. The van der Waals surface area contributed by atoms with Crippen molar-refractivity contribution in [3.8, 4) is 50.5 Å². The summed E-state index contributed by atoms with van der Waals surface area (Å²) in [4.78, 5) is 5.34. The first-order valence-electron chi connectivity index (χ1n) is 18.2. The lowest BCUT2D eigenvalue weighted by Gasteiger charge is -2.23. The van der Waals surface area contributed by atoms with Gasteiger partial charge in [-0.2, -0.15) is 0 Å². The van der Waals surface area contributed by atoms with Gasteiger partial charge in [-0.05, 0) is 79.2 Å². The molecule has 0 fully saturated rings. The van der Waals surface area contributed by atoms with Gasteiger partial charge in [-0.3, -0.25) is 4.57 Å². The van der Waals surface area contributed by atoms with Crippen LogP contribution in [0.15, 0.2) is 152 Å². The molecule has 1 aromatic heterocycles. The Morgan fingerprint density at radius 1 is 0.365 bits per heavy atom. The van der Waals surface area contributed by atoms with Crippen LogP contribution in [0.2, 0.25) is 0 Å². The van der Waals surface area contributed by atoms with Gasteiger partial charge in [0.15, 0.2) is 0 Å². The van der Waals surface area contributed by atoms with Crippen LogP contribution >= 0.6 is 0 Å². The number of hydrogen-bond donors (Lipinski definition) is 0. The number of fused-ring (bicyclic) bond motifs is 3. The van der Waals surface area contributed by atoms with Crippen molar-refractivity contribution in [1.82, 2.24) is 9.55 Å². The van der Waals surface area contributed by atoms with Crippen LogP contribution < -0.4 is 27.3 Å². The molecule has 2 nitrogen and oxygen atoms in total. The Bertz CT molecular complexity index is 2820. The van der Waals surface area contributed by atoms with Gasteiger partial charge in [-0.1, -0.05) is 149 Å². The van der Waals surface area contributed by atoms with E-state index in [-0.39, 0.29) is 0 Å². The summed E-state index contributed by atoms with van der Waals surface area (Å²) in [7, 11) is 11.3. The van der Waals surface area contributed by atoms with Crippen molar-refractivity contribution in [2.75, 3.05) is 0 Å². The number of rotatable bonds is 5. The molecule has 0 atom stereocenters. The first-order chi connectivity index (χ1) is 25.4. The number of benzene rings is 8. The number of para-hydroxylation sites is 2. The largest absolute Gasteiger partial charge is 0.294 e. The minimum atomic E-state index is 0.956. The standard InChI is InChI=1S/C45H35B5N2/c46-39-40(47)42(49)44(43(50)41(39)48)52-36-21-10-9-20-35(36)51-45(52)30-17-11-16-29(24-30)38-32-19-8-7-18-31(32)37(27-14-5-2-6-15-27)34-25-28(22-23-33(34)38)26-12-3-1-4-13-26/h1-25H,46-50H2. The summed E-state index contributed by atoms with van der Waals surface area (Å²) in [5.41, 5.74) is 18.4. The summed E-state index contributed by atoms with van der Waals surface area (Å²) in [6.07, 6.45) is 0. The third-order valence-electron chi connectivity index (χ3n) is 11.3. The Balaban J connectivity index is 1.34. The van der Waals surface area contributed by atoms with E-state index in [4.69, 9.17) is 4.98 Å². The first kappa shape index (κ1) is 32.0. The molecule has 1 heterocycles. The van der Waals surface area contributed by atoms with E-state index in [1.807, 2.05) is 0 Å². The van der Waals surface area contributed by atoms with Crippen molar-refractivity contribution in [3.05, 3.63) is 152 Å². The highest BCUT2D eigenvalue weighted by Gasteiger charge is 2.22. The van der Waals surface area contributed by atoms with Crippen molar-refractivity contribution in [3.63, 3.8) is 0 Å². The van der Waals surface area contributed by atoms with E-state index in [2.05, 4.69) is 195 Å². The molecule has 0 N–H and O–H groups in total. The highest BCUT2D eigenvalue weighted by Crippen LogP contribution is 2.45. The van der Waals surface area contributed by atoms with Gasteiger partial charge in [0, 0.05) is 11.3 Å². The lowest BCUT2D eigenvalue weighted by Crippen LogP contribution is -2.56. The molecule has 9 aromatic rings. The molecule has 0 spiro atoms. The molecule has 0 amide bonds. The average molecular weight is 658 g/mol. The quantitative estimate of drug-likeness (QED) is 0.205. The molecular formula is C45H35B5N2. The highest BCUT2D eigenvalue weighted by atomic mass is 15.1. The zero-order chi connectivity index (χ0) is 35.5. The maximum atomic E-state index is 5.34. The SMILES string of the molecule is Bc1c(B)c(B)c(-n2c(-c3cccc(-c4c5ccccc5c(-c5ccccc5)c5cc(-c6ccccc6)ccc45)c3)nc3ccccc32)c(B)c1B. The maximum absolute atomic E-state index is 5.34. The van der Waals surface area contributed by atoms with Crippen molar-refractivity contribution < 1.29 is 0 Å². The third kappa shape index (κ3) is 5.06. The van der Waals surface area contributed by atoms with Crippen LogP contribution in [-0.2, 0) is 0 Å². The fraction of sp³-hybridized carbons (Fsp3) is 0. The topological polar surface area (TPSA) is 17.8 Å². The van der Waals surface area contributed by atoms with Crippen molar-refractivity contribution in [1.29, 1.82) is 0 Å². The van der Waals surface area contributed by atoms with Gasteiger partial charge >= 0.3 is 0 Å². The molecule has 0 unspecified atom stereocenters. The Labute approximate surface area is 309 Å². The van der Waals surface area contributed by atoms with Crippen molar-refractivity contribution in [2.45, 2.75) is 0 Å². The van der Waals surface area contributed by atoms with Gasteiger partial charge in [0.1, 0.15) is 45.1 Å². The van der Waals surface area contributed by atoms with Crippen LogP contribution in [0, 0.1) is 0 Å². The number of imidazole rings is 1. The summed E-state index contributed by atoms with van der Waals surface area (Å²) in [6.45, 7) is 0. The Hall–Kier alpha value is -5.93. The summed E-state index contributed by atoms with van der Waals surface area (Å²) in [6, 6.07) is 55.0. The smallest absolute Gasteiger partial charge is 0.145 e. The van der Waals surface area contributed by atoms with Gasteiger partial charge in [-0.25, -0.2) is 4.98 Å². The van der Waals surface area contributed by atoms with Crippen LogP contribution in [0.3, 0.4) is 0 Å². The summed E-state index contributed by atoms with van der Waals surface area (Å²) < 4.78 is 2.40. The average Bonchev–Trinajstić information content (AvgIpc) is 3.58. The first-order valence-corrected chi connectivity index (χ1v) is 18.2. The Morgan fingerprint density at radius 3 is 1.58 bits per heavy atom. The third-order valence-corrected chi connectivity index (χ3v) is 11.3. The molecule has 0 saturated carbocycles. The van der Waals surface area contributed by atoms with Crippen LogP contribution in [0.4, 0.5) is 0 Å².